The normalized spacial score (nSPS) is 11.2. The lowest BCUT2D eigenvalue weighted by atomic mass is 10.2. The van der Waals surface area contributed by atoms with E-state index in [1.807, 2.05) is 0 Å². The van der Waals surface area contributed by atoms with E-state index in [9.17, 15) is 17.6 Å². The van der Waals surface area contributed by atoms with Gasteiger partial charge >= 0.3 is 0 Å². The Kier molecular flexibility index (Phi) is 4.80. The molecule has 0 spiro atoms. The van der Waals surface area contributed by atoms with Crippen LogP contribution in [0.15, 0.2) is 47.4 Å². The number of carbonyl (C=O) groups excluding carboxylic acids is 1. The van der Waals surface area contributed by atoms with Gasteiger partial charge in [-0.15, -0.1) is 0 Å². The first kappa shape index (κ1) is 16.4. The Morgan fingerprint density at radius 1 is 1.18 bits per heavy atom. The zero-order valence-corrected chi connectivity index (χ0v) is 13.0. The molecule has 0 radical (unpaired) electrons. The van der Waals surface area contributed by atoms with Gasteiger partial charge in [0.25, 0.3) is 5.91 Å². The molecule has 0 aliphatic heterocycles. The van der Waals surface area contributed by atoms with Crippen LogP contribution in [-0.2, 0) is 10.0 Å². The van der Waals surface area contributed by atoms with Crippen molar-refractivity contribution in [2.24, 2.45) is 0 Å². The highest BCUT2D eigenvalue weighted by Crippen LogP contribution is 2.22. The summed E-state index contributed by atoms with van der Waals surface area (Å²) in [5.41, 5.74) is -0.0910. The van der Waals surface area contributed by atoms with Crippen molar-refractivity contribution < 1.29 is 17.6 Å². The summed E-state index contributed by atoms with van der Waals surface area (Å²) < 4.78 is 39.2. The Bertz CT molecular complexity index is 825. The molecule has 0 saturated carbocycles. The number of rotatable bonds is 4. The molecule has 8 heteroatoms. The van der Waals surface area contributed by atoms with Gasteiger partial charge in [0.05, 0.1) is 21.2 Å². The lowest BCUT2D eigenvalue weighted by Gasteiger charge is -2.09. The van der Waals surface area contributed by atoms with E-state index in [0.29, 0.717) is 0 Å². The molecule has 2 aromatic carbocycles. The molecule has 0 aliphatic carbocycles. The van der Waals surface area contributed by atoms with E-state index in [1.165, 1.54) is 37.4 Å². The summed E-state index contributed by atoms with van der Waals surface area (Å²) in [7, 11) is -2.46. The highest BCUT2D eigenvalue weighted by atomic mass is 35.5. The van der Waals surface area contributed by atoms with Crippen LogP contribution in [0.1, 0.15) is 10.4 Å². The average Bonchev–Trinajstić information content (AvgIpc) is 2.49. The van der Waals surface area contributed by atoms with E-state index in [-0.39, 0.29) is 21.2 Å². The SMILES string of the molecule is CNS(=O)(=O)c1ccc(Cl)c(C(=O)Nc2ccccc2F)c1. The standard InChI is InChI=1S/C14H12ClFN2O3S/c1-17-22(20,21)9-6-7-11(15)10(8-9)14(19)18-13-5-3-2-4-12(13)16/h2-8,17H,1H3,(H,18,19). The number of hydrogen-bond acceptors (Lipinski definition) is 3. The van der Waals surface area contributed by atoms with Crippen molar-refractivity contribution in [1.29, 1.82) is 0 Å². The molecule has 2 aromatic rings. The fraction of sp³-hybridized carbons (Fsp3) is 0.0714. The number of sulfonamides is 1. The molecule has 0 heterocycles. The summed E-state index contributed by atoms with van der Waals surface area (Å²) in [5, 5.41) is 2.41. The molecule has 2 rings (SSSR count). The molecule has 0 atom stereocenters. The average molecular weight is 343 g/mol. The topological polar surface area (TPSA) is 75.3 Å². The number of benzene rings is 2. The second kappa shape index (κ2) is 6.43. The summed E-state index contributed by atoms with van der Waals surface area (Å²) >= 11 is 5.92. The molecule has 0 saturated heterocycles. The molecule has 0 aliphatic rings. The van der Waals surface area contributed by atoms with Crippen LogP contribution in [-0.4, -0.2) is 21.4 Å². The second-order valence-electron chi connectivity index (χ2n) is 4.28. The Morgan fingerprint density at radius 2 is 1.86 bits per heavy atom. The van der Waals surface area contributed by atoms with Gasteiger partial charge < -0.3 is 5.32 Å². The van der Waals surface area contributed by atoms with Crippen LogP contribution < -0.4 is 10.0 Å². The van der Waals surface area contributed by atoms with E-state index >= 15 is 0 Å². The molecule has 0 aromatic heterocycles. The Labute approximate surface area is 132 Å². The number of halogens is 2. The first-order chi connectivity index (χ1) is 10.3. The fourth-order valence-corrected chi connectivity index (χ4v) is 2.67. The minimum absolute atomic E-state index is 0.0227. The van der Waals surface area contributed by atoms with Gasteiger partial charge in [-0.3, -0.25) is 4.79 Å². The van der Waals surface area contributed by atoms with Gasteiger partial charge in [-0.05, 0) is 37.4 Å². The van der Waals surface area contributed by atoms with Gasteiger partial charge in [0.2, 0.25) is 10.0 Å². The van der Waals surface area contributed by atoms with Crippen molar-refractivity contribution in [2.75, 3.05) is 12.4 Å². The molecule has 0 unspecified atom stereocenters. The molecule has 116 valence electrons. The van der Waals surface area contributed by atoms with Crippen LogP contribution in [0, 0.1) is 5.82 Å². The summed E-state index contributed by atoms with van der Waals surface area (Å²) in [5.74, 6) is -1.31. The number of nitrogens with one attached hydrogen (secondary N) is 2. The summed E-state index contributed by atoms with van der Waals surface area (Å²) in [4.78, 5) is 12.1. The van der Waals surface area contributed by atoms with Gasteiger partial charge in [-0.25, -0.2) is 17.5 Å². The molecule has 0 fully saturated rings. The monoisotopic (exact) mass is 342 g/mol. The van der Waals surface area contributed by atoms with Crippen LogP contribution in [0.3, 0.4) is 0 Å². The van der Waals surface area contributed by atoms with Gasteiger partial charge in [-0.1, -0.05) is 23.7 Å². The number of para-hydroxylation sites is 1. The van der Waals surface area contributed by atoms with Crippen molar-refractivity contribution in [3.05, 3.63) is 58.9 Å². The largest absolute Gasteiger partial charge is 0.319 e. The molecule has 2 N–H and O–H groups in total. The maximum atomic E-state index is 13.5. The fourth-order valence-electron chi connectivity index (χ4n) is 1.72. The smallest absolute Gasteiger partial charge is 0.257 e. The van der Waals surface area contributed by atoms with Gasteiger partial charge in [0, 0.05) is 0 Å². The summed E-state index contributed by atoms with van der Waals surface area (Å²) in [6, 6.07) is 9.31. The van der Waals surface area contributed by atoms with Crippen molar-refractivity contribution in [1.82, 2.24) is 4.72 Å². The maximum absolute atomic E-state index is 13.5. The zero-order valence-electron chi connectivity index (χ0n) is 11.4. The Balaban J connectivity index is 2.38. The van der Waals surface area contributed by atoms with Crippen molar-refractivity contribution in [3.8, 4) is 0 Å². The molecule has 1 amide bonds. The van der Waals surface area contributed by atoms with E-state index in [1.54, 1.807) is 6.07 Å². The number of hydrogen-bond donors (Lipinski definition) is 2. The lowest BCUT2D eigenvalue weighted by Crippen LogP contribution is -2.20. The number of anilines is 1. The Hall–Kier alpha value is -1.96. The molecule has 0 bridgehead atoms. The second-order valence-corrected chi connectivity index (χ2v) is 6.58. The van der Waals surface area contributed by atoms with Crippen LogP contribution in [0.5, 0.6) is 0 Å². The molecular formula is C14H12ClFN2O3S. The van der Waals surface area contributed by atoms with Crippen LogP contribution >= 0.6 is 11.6 Å². The summed E-state index contributed by atoms with van der Waals surface area (Å²) in [6.45, 7) is 0. The van der Waals surface area contributed by atoms with Crippen LogP contribution in [0.2, 0.25) is 5.02 Å². The zero-order chi connectivity index (χ0) is 16.3. The van der Waals surface area contributed by atoms with Gasteiger partial charge in [0.15, 0.2) is 0 Å². The van der Waals surface area contributed by atoms with Crippen molar-refractivity contribution in [2.45, 2.75) is 4.90 Å². The third kappa shape index (κ3) is 3.44. The Morgan fingerprint density at radius 3 is 2.50 bits per heavy atom. The quantitative estimate of drug-likeness (QED) is 0.897. The minimum Gasteiger partial charge on any atom is -0.319 e. The first-order valence-electron chi connectivity index (χ1n) is 6.14. The molecular weight excluding hydrogens is 331 g/mol. The van der Waals surface area contributed by atoms with Crippen molar-refractivity contribution >= 4 is 33.2 Å². The number of amides is 1. The predicted molar refractivity (Wildman–Crippen MR) is 82.1 cm³/mol. The van der Waals surface area contributed by atoms with Gasteiger partial charge in [-0.2, -0.15) is 0 Å². The highest BCUT2D eigenvalue weighted by molar-refractivity contribution is 7.89. The van der Waals surface area contributed by atoms with E-state index in [2.05, 4.69) is 10.0 Å². The number of carbonyl (C=O) groups is 1. The van der Waals surface area contributed by atoms with Crippen molar-refractivity contribution in [3.63, 3.8) is 0 Å². The maximum Gasteiger partial charge on any atom is 0.257 e. The van der Waals surface area contributed by atoms with E-state index in [4.69, 9.17) is 11.6 Å². The first-order valence-corrected chi connectivity index (χ1v) is 8.00. The van der Waals surface area contributed by atoms with Gasteiger partial charge in [0.1, 0.15) is 5.82 Å². The predicted octanol–water partition coefficient (Wildman–Crippen LogP) is 2.64. The third-order valence-electron chi connectivity index (χ3n) is 2.88. The van der Waals surface area contributed by atoms with Crippen LogP contribution in [0.4, 0.5) is 10.1 Å². The molecule has 5 nitrogen and oxygen atoms in total. The van der Waals surface area contributed by atoms with Crippen LogP contribution in [0.25, 0.3) is 0 Å². The minimum atomic E-state index is -3.71. The lowest BCUT2D eigenvalue weighted by molar-refractivity contribution is 0.102. The highest BCUT2D eigenvalue weighted by Gasteiger charge is 2.18. The van der Waals surface area contributed by atoms with E-state index in [0.717, 1.165) is 6.07 Å². The third-order valence-corrected chi connectivity index (χ3v) is 4.63. The van der Waals surface area contributed by atoms with E-state index < -0.39 is 21.7 Å². The summed E-state index contributed by atoms with van der Waals surface area (Å²) in [6.07, 6.45) is 0. The molecule has 22 heavy (non-hydrogen) atoms.